The number of hydrogen-bond acceptors (Lipinski definition) is 6. The van der Waals surface area contributed by atoms with Crippen molar-refractivity contribution in [2.45, 2.75) is 43.4 Å². The number of ketones is 1. The van der Waals surface area contributed by atoms with Gasteiger partial charge < -0.3 is 10.2 Å². The summed E-state index contributed by atoms with van der Waals surface area (Å²) in [6.07, 6.45) is 7.92. The van der Waals surface area contributed by atoms with Gasteiger partial charge in [-0.1, -0.05) is 133 Å². The molecule has 0 saturated carbocycles. The number of aryl methyl sites for hydroxylation is 1. The Kier molecular flexibility index (Phi) is 8.44. The van der Waals surface area contributed by atoms with E-state index in [0.29, 0.717) is 18.9 Å². The predicted octanol–water partition coefficient (Wildman–Crippen LogP) is 8.07. The van der Waals surface area contributed by atoms with Gasteiger partial charge in [0.2, 0.25) is 0 Å². The predicted molar refractivity (Wildman–Crippen MR) is 197 cm³/mol. The van der Waals surface area contributed by atoms with Gasteiger partial charge in [0, 0.05) is 17.7 Å². The monoisotopic (exact) mass is 657 g/mol. The van der Waals surface area contributed by atoms with Crippen molar-refractivity contribution in [3.05, 3.63) is 179 Å². The van der Waals surface area contributed by atoms with E-state index in [2.05, 4.69) is 115 Å². The Morgan fingerprint density at radius 1 is 0.840 bits per heavy atom. The van der Waals surface area contributed by atoms with Crippen LogP contribution in [0.4, 0.5) is 5.69 Å². The molecule has 0 aliphatic carbocycles. The summed E-state index contributed by atoms with van der Waals surface area (Å²) in [5, 5.41) is 5.23. The van der Waals surface area contributed by atoms with Gasteiger partial charge in [-0.05, 0) is 66.6 Å². The third-order valence-corrected chi connectivity index (χ3v) is 9.97. The normalized spacial score (nSPS) is 18.9. The molecule has 0 radical (unpaired) electrons. The first-order valence-electron chi connectivity index (χ1n) is 17.3. The number of Topliss-reactive ketones (excluding diaryl/α,β-unsaturated/α-hetero) is 1. The molecule has 0 bridgehead atoms. The molecule has 2 unspecified atom stereocenters. The van der Waals surface area contributed by atoms with E-state index >= 15 is 0 Å². The van der Waals surface area contributed by atoms with E-state index in [1.807, 2.05) is 59.6 Å². The fourth-order valence-electron chi connectivity index (χ4n) is 7.35. The SMILES string of the molecule is Cc1ccc(C=CC2(C(=O)C3CCCCO3)NNc3ccc(-c4ncn(C(c5ccccc5)(c5ccccc5)c5ccccc5)n4)cc32)cc1. The van der Waals surface area contributed by atoms with E-state index in [1.54, 1.807) is 0 Å². The van der Waals surface area contributed by atoms with Crippen molar-refractivity contribution in [1.29, 1.82) is 0 Å². The number of carbonyl (C=O) groups is 1. The molecule has 3 heterocycles. The molecule has 7 heteroatoms. The summed E-state index contributed by atoms with van der Waals surface area (Å²) < 4.78 is 8.03. The third kappa shape index (κ3) is 5.54. The summed E-state index contributed by atoms with van der Waals surface area (Å²) in [5.74, 6) is 0.545. The Hall–Kier alpha value is -5.63. The molecule has 50 heavy (non-hydrogen) atoms. The number of benzene rings is 5. The highest BCUT2D eigenvalue weighted by molar-refractivity contribution is 5.99. The quantitative estimate of drug-likeness (QED) is 0.153. The van der Waals surface area contributed by atoms with Crippen LogP contribution in [0.2, 0.25) is 0 Å². The minimum atomic E-state index is -1.15. The Labute approximate surface area is 292 Å². The highest BCUT2D eigenvalue weighted by Gasteiger charge is 2.47. The van der Waals surface area contributed by atoms with Crippen molar-refractivity contribution < 1.29 is 9.53 Å². The number of fused-ring (bicyclic) bond motifs is 1. The third-order valence-electron chi connectivity index (χ3n) is 9.97. The molecule has 7 nitrogen and oxygen atoms in total. The van der Waals surface area contributed by atoms with Gasteiger partial charge in [0.05, 0.1) is 5.69 Å². The van der Waals surface area contributed by atoms with Crippen LogP contribution in [0.25, 0.3) is 17.5 Å². The minimum Gasteiger partial charge on any atom is -0.370 e. The second-order valence-corrected chi connectivity index (χ2v) is 13.1. The lowest BCUT2D eigenvalue weighted by Crippen LogP contribution is -2.51. The number of hydrogen-bond donors (Lipinski definition) is 2. The van der Waals surface area contributed by atoms with Crippen LogP contribution in [0.5, 0.6) is 0 Å². The summed E-state index contributed by atoms with van der Waals surface area (Å²) in [6, 6.07) is 45.6. The number of rotatable bonds is 9. The van der Waals surface area contributed by atoms with Crippen molar-refractivity contribution >= 4 is 17.5 Å². The smallest absolute Gasteiger partial charge is 0.191 e. The van der Waals surface area contributed by atoms with E-state index in [4.69, 9.17) is 14.8 Å². The number of nitrogens with zero attached hydrogens (tertiary/aromatic N) is 3. The van der Waals surface area contributed by atoms with E-state index in [0.717, 1.165) is 51.9 Å². The van der Waals surface area contributed by atoms with Crippen LogP contribution in [-0.2, 0) is 20.6 Å². The molecule has 1 aromatic heterocycles. The fraction of sp³-hybridized carbons (Fsp3) is 0.186. The van der Waals surface area contributed by atoms with E-state index < -0.39 is 17.2 Å². The van der Waals surface area contributed by atoms with Crippen LogP contribution in [0.3, 0.4) is 0 Å². The van der Waals surface area contributed by atoms with Crippen molar-refractivity contribution in [1.82, 2.24) is 20.2 Å². The number of hydrazine groups is 1. The molecule has 1 fully saturated rings. The standard InChI is InChI=1S/C43H39N5O2/c1-31-20-22-32(23-21-31)26-27-42(40(49)39-19-11-12-28-50-39)37-29-33(24-25-38(37)45-47-42)41-44-30-48(46-41)43(34-13-5-2-6-14-34,35-15-7-3-8-16-35)36-17-9-4-10-18-36/h2-10,13-18,20-27,29-30,39,45,47H,11-12,19,28H2,1H3. The minimum absolute atomic E-state index is 0.0151. The molecule has 1 saturated heterocycles. The topological polar surface area (TPSA) is 81.1 Å². The van der Waals surface area contributed by atoms with Gasteiger partial charge in [0.25, 0.3) is 0 Å². The number of ether oxygens (including phenoxy) is 1. The summed E-state index contributed by atoms with van der Waals surface area (Å²) >= 11 is 0. The maximum atomic E-state index is 14.5. The molecule has 2 aliphatic rings. The highest BCUT2D eigenvalue weighted by atomic mass is 16.5. The van der Waals surface area contributed by atoms with E-state index in [9.17, 15) is 4.79 Å². The molecule has 5 aromatic carbocycles. The van der Waals surface area contributed by atoms with Crippen LogP contribution in [0.1, 0.15) is 52.6 Å². The average molecular weight is 658 g/mol. The Morgan fingerprint density at radius 2 is 1.48 bits per heavy atom. The largest absolute Gasteiger partial charge is 0.370 e. The summed E-state index contributed by atoms with van der Waals surface area (Å²) in [4.78, 5) is 19.4. The van der Waals surface area contributed by atoms with Gasteiger partial charge >= 0.3 is 0 Å². The molecular weight excluding hydrogens is 619 g/mol. The second kappa shape index (κ2) is 13.3. The van der Waals surface area contributed by atoms with Crippen molar-refractivity contribution in [3.63, 3.8) is 0 Å². The van der Waals surface area contributed by atoms with Crippen molar-refractivity contribution in [3.8, 4) is 11.4 Å². The zero-order chi connectivity index (χ0) is 34.0. The highest BCUT2D eigenvalue weighted by Crippen LogP contribution is 2.42. The Morgan fingerprint density at radius 3 is 2.08 bits per heavy atom. The van der Waals surface area contributed by atoms with E-state index in [-0.39, 0.29) is 5.78 Å². The molecule has 6 aromatic rings. The van der Waals surface area contributed by atoms with E-state index in [1.165, 1.54) is 5.56 Å². The van der Waals surface area contributed by atoms with Gasteiger partial charge in [-0.3, -0.25) is 4.79 Å². The zero-order valence-corrected chi connectivity index (χ0v) is 28.0. The van der Waals surface area contributed by atoms with Crippen LogP contribution >= 0.6 is 0 Å². The lowest BCUT2D eigenvalue weighted by atomic mass is 9.77. The van der Waals surface area contributed by atoms with Gasteiger partial charge in [0.1, 0.15) is 23.5 Å². The molecule has 248 valence electrons. The summed E-state index contributed by atoms with van der Waals surface area (Å²) in [7, 11) is 0. The van der Waals surface area contributed by atoms with Gasteiger partial charge in [0.15, 0.2) is 11.6 Å². The van der Waals surface area contributed by atoms with Crippen LogP contribution in [-0.4, -0.2) is 33.3 Å². The molecule has 2 atom stereocenters. The second-order valence-electron chi connectivity index (χ2n) is 13.1. The lowest BCUT2D eigenvalue weighted by molar-refractivity contribution is -0.138. The summed E-state index contributed by atoms with van der Waals surface area (Å²) in [5.41, 5.74) is 12.6. The first kappa shape index (κ1) is 31.6. The van der Waals surface area contributed by atoms with Gasteiger partial charge in [-0.2, -0.15) is 0 Å². The Bertz CT molecular complexity index is 2020. The molecule has 0 spiro atoms. The zero-order valence-electron chi connectivity index (χ0n) is 28.0. The number of carbonyl (C=O) groups excluding carboxylic acids is 1. The number of aromatic nitrogens is 3. The van der Waals surface area contributed by atoms with Crippen molar-refractivity contribution in [2.24, 2.45) is 0 Å². The lowest BCUT2D eigenvalue weighted by Gasteiger charge is -2.35. The average Bonchev–Trinajstić information content (AvgIpc) is 3.83. The molecule has 0 amide bonds. The molecule has 2 N–H and O–H groups in total. The molecule has 8 rings (SSSR count). The number of anilines is 1. The number of nitrogens with one attached hydrogen (secondary N) is 2. The molecule has 2 aliphatic heterocycles. The first-order chi connectivity index (χ1) is 24.6. The maximum absolute atomic E-state index is 14.5. The van der Waals surface area contributed by atoms with Crippen LogP contribution in [0, 0.1) is 6.92 Å². The van der Waals surface area contributed by atoms with Crippen molar-refractivity contribution in [2.75, 3.05) is 12.0 Å². The first-order valence-corrected chi connectivity index (χ1v) is 17.3. The molecular formula is C43H39N5O2. The van der Waals surface area contributed by atoms with Gasteiger partial charge in [-0.15, -0.1) is 5.10 Å². The Balaban J connectivity index is 1.26. The fourth-order valence-corrected chi connectivity index (χ4v) is 7.35. The van der Waals surface area contributed by atoms with Gasteiger partial charge in [-0.25, -0.2) is 15.1 Å². The van der Waals surface area contributed by atoms with Crippen LogP contribution in [0.15, 0.2) is 146 Å². The van der Waals surface area contributed by atoms with Crippen LogP contribution < -0.4 is 10.9 Å². The maximum Gasteiger partial charge on any atom is 0.191 e. The summed E-state index contributed by atoms with van der Waals surface area (Å²) in [6.45, 7) is 2.65.